The summed E-state index contributed by atoms with van der Waals surface area (Å²) < 4.78 is 5.11. The third-order valence-corrected chi connectivity index (χ3v) is 2.98. The molecule has 3 rings (SSSR count). The molecule has 0 fully saturated rings. The molecule has 0 amide bonds. The van der Waals surface area contributed by atoms with Crippen LogP contribution in [0.3, 0.4) is 0 Å². The number of nitro groups is 1. The van der Waals surface area contributed by atoms with Crippen molar-refractivity contribution in [2.75, 3.05) is 0 Å². The van der Waals surface area contributed by atoms with Gasteiger partial charge in [-0.3, -0.25) is 10.1 Å². The molecular formula is C15H10N2O3. The lowest BCUT2D eigenvalue weighted by molar-refractivity contribution is -0.384. The number of rotatable bonds is 3. The van der Waals surface area contributed by atoms with E-state index in [9.17, 15) is 10.1 Å². The van der Waals surface area contributed by atoms with E-state index in [2.05, 4.69) is 5.16 Å². The summed E-state index contributed by atoms with van der Waals surface area (Å²) in [5, 5.41) is 14.5. The molecule has 0 bridgehead atoms. The van der Waals surface area contributed by atoms with Crippen LogP contribution in [0.1, 0.15) is 0 Å². The topological polar surface area (TPSA) is 69.2 Å². The lowest BCUT2D eigenvalue weighted by Crippen LogP contribution is -1.88. The first kappa shape index (κ1) is 12.1. The van der Waals surface area contributed by atoms with Gasteiger partial charge in [0.15, 0.2) is 5.76 Å². The number of nitro benzene ring substituents is 1. The highest BCUT2D eigenvalue weighted by Crippen LogP contribution is 2.28. The minimum Gasteiger partial charge on any atom is -0.356 e. The zero-order valence-electron chi connectivity index (χ0n) is 10.4. The van der Waals surface area contributed by atoms with E-state index in [0.717, 1.165) is 16.7 Å². The molecule has 0 aliphatic heterocycles. The van der Waals surface area contributed by atoms with E-state index >= 15 is 0 Å². The van der Waals surface area contributed by atoms with E-state index in [1.165, 1.54) is 6.07 Å². The van der Waals surface area contributed by atoms with Crippen LogP contribution in [0.2, 0.25) is 0 Å². The largest absolute Gasteiger partial charge is 0.356 e. The molecule has 3 aromatic rings. The summed E-state index contributed by atoms with van der Waals surface area (Å²) in [5.74, 6) is 0.664. The van der Waals surface area contributed by atoms with E-state index in [-0.39, 0.29) is 5.69 Å². The average Bonchev–Trinajstić information content (AvgIpc) is 3.02. The number of hydrogen-bond acceptors (Lipinski definition) is 4. The standard InChI is InChI=1S/C15H10N2O3/c18-17(19)14-6-2-4-12(10-14)11-3-1-5-13(9-11)15-7-8-16-20-15/h1-10H. The van der Waals surface area contributed by atoms with Crippen LogP contribution < -0.4 is 0 Å². The van der Waals surface area contributed by atoms with Gasteiger partial charge in [0.2, 0.25) is 0 Å². The van der Waals surface area contributed by atoms with Crippen molar-refractivity contribution in [3.05, 3.63) is 70.9 Å². The van der Waals surface area contributed by atoms with Crippen LogP contribution in [-0.4, -0.2) is 10.1 Å². The Kier molecular flexibility index (Phi) is 3.01. The van der Waals surface area contributed by atoms with Gasteiger partial charge in [0.1, 0.15) is 0 Å². The molecule has 5 nitrogen and oxygen atoms in total. The first-order valence-corrected chi connectivity index (χ1v) is 6.00. The van der Waals surface area contributed by atoms with Gasteiger partial charge >= 0.3 is 0 Å². The van der Waals surface area contributed by atoms with Crippen LogP contribution in [0.15, 0.2) is 65.3 Å². The number of non-ortho nitro benzene ring substituents is 1. The number of aromatic nitrogens is 1. The second-order valence-electron chi connectivity index (χ2n) is 4.26. The van der Waals surface area contributed by atoms with Gasteiger partial charge in [-0.05, 0) is 17.2 Å². The molecule has 0 aliphatic carbocycles. The maximum atomic E-state index is 10.8. The molecule has 0 atom stereocenters. The first-order valence-electron chi connectivity index (χ1n) is 6.00. The zero-order chi connectivity index (χ0) is 13.9. The van der Waals surface area contributed by atoms with Crippen molar-refractivity contribution in [1.82, 2.24) is 5.16 Å². The van der Waals surface area contributed by atoms with Gasteiger partial charge in [-0.2, -0.15) is 0 Å². The van der Waals surface area contributed by atoms with Gasteiger partial charge in [0.25, 0.3) is 5.69 Å². The maximum absolute atomic E-state index is 10.8. The second-order valence-corrected chi connectivity index (χ2v) is 4.26. The Bertz CT molecular complexity index is 751. The summed E-state index contributed by atoms with van der Waals surface area (Å²) in [4.78, 5) is 10.4. The zero-order valence-corrected chi connectivity index (χ0v) is 10.4. The molecule has 0 N–H and O–H groups in total. The highest BCUT2D eigenvalue weighted by atomic mass is 16.6. The first-order chi connectivity index (χ1) is 9.74. The smallest absolute Gasteiger partial charge is 0.270 e. The summed E-state index contributed by atoms with van der Waals surface area (Å²) in [6, 6.07) is 15.9. The lowest BCUT2D eigenvalue weighted by Gasteiger charge is -2.03. The van der Waals surface area contributed by atoms with Gasteiger partial charge in [0, 0.05) is 23.8 Å². The predicted octanol–water partition coefficient (Wildman–Crippen LogP) is 3.92. The maximum Gasteiger partial charge on any atom is 0.270 e. The Morgan fingerprint density at radius 1 is 0.950 bits per heavy atom. The SMILES string of the molecule is O=[N+]([O-])c1cccc(-c2cccc(-c3ccno3)c2)c1. The third kappa shape index (κ3) is 2.29. The van der Waals surface area contributed by atoms with Crippen molar-refractivity contribution in [2.45, 2.75) is 0 Å². The number of nitrogens with zero attached hydrogens (tertiary/aromatic N) is 2. The Morgan fingerprint density at radius 3 is 2.35 bits per heavy atom. The Labute approximate surface area is 114 Å². The Balaban J connectivity index is 2.04. The molecule has 2 aromatic carbocycles. The van der Waals surface area contributed by atoms with E-state index < -0.39 is 4.92 Å². The molecule has 0 radical (unpaired) electrons. The Morgan fingerprint density at radius 2 is 1.65 bits per heavy atom. The molecule has 0 spiro atoms. The summed E-state index contributed by atoms with van der Waals surface area (Å²) in [5.41, 5.74) is 2.64. The van der Waals surface area contributed by atoms with Crippen LogP contribution in [0.5, 0.6) is 0 Å². The highest BCUT2D eigenvalue weighted by molar-refractivity contribution is 5.72. The number of benzene rings is 2. The summed E-state index contributed by atoms with van der Waals surface area (Å²) in [7, 11) is 0. The van der Waals surface area contributed by atoms with Crippen molar-refractivity contribution >= 4 is 5.69 Å². The predicted molar refractivity (Wildman–Crippen MR) is 74.0 cm³/mol. The molecule has 1 heterocycles. The molecule has 0 saturated heterocycles. The van der Waals surface area contributed by atoms with Gasteiger partial charge in [-0.15, -0.1) is 0 Å². The fourth-order valence-electron chi connectivity index (χ4n) is 2.02. The number of hydrogen-bond donors (Lipinski definition) is 0. The normalized spacial score (nSPS) is 10.4. The minimum atomic E-state index is -0.399. The van der Waals surface area contributed by atoms with Gasteiger partial charge in [-0.1, -0.05) is 35.5 Å². The van der Waals surface area contributed by atoms with Crippen LogP contribution in [-0.2, 0) is 0 Å². The fourth-order valence-corrected chi connectivity index (χ4v) is 2.02. The fraction of sp³-hybridized carbons (Fsp3) is 0. The van der Waals surface area contributed by atoms with Crippen molar-refractivity contribution < 1.29 is 9.45 Å². The average molecular weight is 266 g/mol. The molecule has 0 aliphatic rings. The molecule has 1 aromatic heterocycles. The van der Waals surface area contributed by atoms with Crippen molar-refractivity contribution in [3.63, 3.8) is 0 Å². The van der Waals surface area contributed by atoms with E-state index in [4.69, 9.17) is 4.52 Å². The molecule has 5 heteroatoms. The molecular weight excluding hydrogens is 256 g/mol. The van der Waals surface area contributed by atoms with Gasteiger partial charge < -0.3 is 4.52 Å². The van der Waals surface area contributed by atoms with E-state index in [1.54, 1.807) is 24.4 Å². The highest BCUT2D eigenvalue weighted by Gasteiger charge is 2.08. The summed E-state index contributed by atoms with van der Waals surface area (Å²) in [6.45, 7) is 0. The molecule has 98 valence electrons. The van der Waals surface area contributed by atoms with Gasteiger partial charge in [-0.25, -0.2) is 0 Å². The van der Waals surface area contributed by atoms with E-state index in [0.29, 0.717) is 5.76 Å². The second kappa shape index (κ2) is 4.97. The van der Waals surface area contributed by atoms with Gasteiger partial charge in [0.05, 0.1) is 11.1 Å². The molecule has 20 heavy (non-hydrogen) atoms. The minimum absolute atomic E-state index is 0.0765. The third-order valence-electron chi connectivity index (χ3n) is 2.98. The van der Waals surface area contributed by atoms with Crippen molar-refractivity contribution in [1.29, 1.82) is 0 Å². The monoisotopic (exact) mass is 266 g/mol. The van der Waals surface area contributed by atoms with Crippen LogP contribution in [0.25, 0.3) is 22.5 Å². The van der Waals surface area contributed by atoms with Crippen molar-refractivity contribution in [2.24, 2.45) is 0 Å². The molecule has 0 saturated carbocycles. The van der Waals surface area contributed by atoms with Crippen LogP contribution in [0, 0.1) is 10.1 Å². The van der Waals surface area contributed by atoms with Crippen molar-refractivity contribution in [3.8, 4) is 22.5 Å². The summed E-state index contributed by atoms with van der Waals surface area (Å²) >= 11 is 0. The summed E-state index contributed by atoms with van der Waals surface area (Å²) in [6.07, 6.45) is 1.58. The van der Waals surface area contributed by atoms with Crippen LogP contribution >= 0.6 is 0 Å². The van der Waals surface area contributed by atoms with E-state index in [1.807, 2.05) is 30.3 Å². The quantitative estimate of drug-likeness (QED) is 0.532. The lowest BCUT2D eigenvalue weighted by atomic mass is 10.0. The van der Waals surface area contributed by atoms with Crippen LogP contribution in [0.4, 0.5) is 5.69 Å². The molecule has 0 unspecified atom stereocenters. The Hall–Kier alpha value is -2.95.